The molecule has 94 valence electrons. The lowest BCUT2D eigenvalue weighted by Gasteiger charge is -2.09. The van der Waals surface area contributed by atoms with Gasteiger partial charge in [0, 0.05) is 30.7 Å². The third-order valence-electron chi connectivity index (χ3n) is 2.20. The van der Waals surface area contributed by atoms with Crippen molar-refractivity contribution in [2.75, 3.05) is 26.1 Å². The highest BCUT2D eigenvalue weighted by atomic mass is 79.9. The second-order valence-corrected chi connectivity index (χ2v) is 4.34. The monoisotopic (exact) mass is 301 g/mol. The molecule has 0 aliphatic carbocycles. The summed E-state index contributed by atoms with van der Waals surface area (Å²) in [6, 6.07) is 5.44. The van der Waals surface area contributed by atoms with Gasteiger partial charge in [-0.2, -0.15) is 0 Å². The van der Waals surface area contributed by atoms with E-state index in [1.54, 1.807) is 20.3 Å². The normalized spacial score (nSPS) is 10.1. The molecule has 0 radical (unpaired) electrons. The summed E-state index contributed by atoms with van der Waals surface area (Å²) in [5.41, 5.74) is 0.715. The van der Waals surface area contributed by atoms with Crippen LogP contribution in [0.4, 0.5) is 5.69 Å². The molecular formula is C12H16BrNO3. The van der Waals surface area contributed by atoms with Crippen LogP contribution in [0.2, 0.25) is 0 Å². The molecule has 0 aliphatic rings. The summed E-state index contributed by atoms with van der Waals surface area (Å²) in [6.07, 6.45) is 1.15. The Balaban J connectivity index is 2.57. The number of amides is 1. The average Bonchev–Trinajstić information content (AvgIpc) is 2.32. The topological polar surface area (TPSA) is 47.6 Å². The standard InChI is InChI=1S/C12H16BrNO3/c1-16-7-3-4-12(15)14-11-8-9(17-2)5-6-10(11)13/h5-6,8H,3-4,7H2,1-2H3,(H,14,15). The van der Waals surface area contributed by atoms with Crippen LogP contribution in [0.1, 0.15) is 12.8 Å². The van der Waals surface area contributed by atoms with E-state index in [-0.39, 0.29) is 5.91 Å². The first-order valence-electron chi connectivity index (χ1n) is 5.29. The Morgan fingerprint density at radius 1 is 1.41 bits per heavy atom. The fraction of sp³-hybridized carbons (Fsp3) is 0.417. The van der Waals surface area contributed by atoms with Crippen LogP contribution in [0.5, 0.6) is 5.75 Å². The number of benzene rings is 1. The number of carbonyl (C=O) groups is 1. The summed E-state index contributed by atoms with van der Waals surface area (Å²) < 4.78 is 10.8. The predicted molar refractivity (Wildman–Crippen MR) is 70.4 cm³/mol. The zero-order valence-corrected chi connectivity index (χ0v) is 11.5. The molecule has 0 spiro atoms. The molecule has 0 heterocycles. The van der Waals surface area contributed by atoms with Gasteiger partial charge < -0.3 is 14.8 Å². The number of methoxy groups -OCH3 is 2. The summed E-state index contributed by atoms with van der Waals surface area (Å²) in [6.45, 7) is 0.590. The molecule has 0 fully saturated rings. The van der Waals surface area contributed by atoms with E-state index in [0.29, 0.717) is 30.9 Å². The average molecular weight is 302 g/mol. The van der Waals surface area contributed by atoms with Crippen LogP contribution >= 0.6 is 15.9 Å². The zero-order chi connectivity index (χ0) is 12.7. The first-order valence-corrected chi connectivity index (χ1v) is 6.09. The highest BCUT2D eigenvalue weighted by molar-refractivity contribution is 9.10. The highest BCUT2D eigenvalue weighted by Crippen LogP contribution is 2.27. The van der Waals surface area contributed by atoms with Crippen molar-refractivity contribution < 1.29 is 14.3 Å². The molecule has 0 bridgehead atoms. The minimum Gasteiger partial charge on any atom is -0.497 e. The Bertz CT molecular complexity index is 382. The van der Waals surface area contributed by atoms with Gasteiger partial charge in [0.05, 0.1) is 12.8 Å². The molecule has 17 heavy (non-hydrogen) atoms. The van der Waals surface area contributed by atoms with Gasteiger partial charge in [-0.25, -0.2) is 0 Å². The van der Waals surface area contributed by atoms with Crippen LogP contribution in [0.3, 0.4) is 0 Å². The van der Waals surface area contributed by atoms with Crippen LogP contribution < -0.4 is 10.1 Å². The van der Waals surface area contributed by atoms with Gasteiger partial charge in [-0.3, -0.25) is 4.79 Å². The number of carbonyl (C=O) groups excluding carboxylic acids is 1. The summed E-state index contributed by atoms with van der Waals surface area (Å²) >= 11 is 3.38. The van der Waals surface area contributed by atoms with Crippen molar-refractivity contribution in [3.63, 3.8) is 0 Å². The first kappa shape index (κ1) is 14.0. The number of hydrogen-bond acceptors (Lipinski definition) is 3. The smallest absolute Gasteiger partial charge is 0.224 e. The van der Waals surface area contributed by atoms with Crippen LogP contribution in [0, 0.1) is 0 Å². The lowest BCUT2D eigenvalue weighted by Crippen LogP contribution is -2.12. The molecule has 0 aromatic heterocycles. The van der Waals surface area contributed by atoms with E-state index >= 15 is 0 Å². The molecule has 0 atom stereocenters. The third kappa shape index (κ3) is 4.75. The van der Waals surface area contributed by atoms with Gasteiger partial charge in [0.2, 0.25) is 5.91 Å². The lowest BCUT2D eigenvalue weighted by atomic mass is 10.2. The molecule has 4 nitrogen and oxygen atoms in total. The van der Waals surface area contributed by atoms with Crippen molar-refractivity contribution in [3.05, 3.63) is 22.7 Å². The molecule has 5 heteroatoms. The van der Waals surface area contributed by atoms with Crippen LogP contribution in [0.15, 0.2) is 22.7 Å². The van der Waals surface area contributed by atoms with Gasteiger partial charge in [-0.15, -0.1) is 0 Å². The Kier molecular flexibility index (Phi) is 6.00. The fourth-order valence-corrected chi connectivity index (χ4v) is 1.66. The van der Waals surface area contributed by atoms with E-state index in [9.17, 15) is 4.79 Å². The van der Waals surface area contributed by atoms with Crippen molar-refractivity contribution in [3.8, 4) is 5.75 Å². The molecular weight excluding hydrogens is 286 g/mol. The van der Waals surface area contributed by atoms with Gasteiger partial charge in [0.25, 0.3) is 0 Å². The Morgan fingerprint density at radius 3 is 2.82 bits per heavy atom. The van der Waals surface area contributed by atoms with E-state index < -0.39 is 0 Å². The predicted octanol–water partition coefficient (Wildman–Crippen LogP) is 2.82. The molecule has 1 N–H and O–H groups in total. The second-order valence-electron chi connectivity index (χ2n) is 3.49. The maximum Gasteiger partial charge on any atom is 0.224 e. The first-order chi connectivity index (χ1) is 8.17. The summed E-state index contributed by atoms with van der Waals surface area (Å²) in [5.74, 6) is 0.677. The summed E-state index contributed by atoms with van der Waals surface area (Å²) in [7, 11) is 3.21. The quantitative estimate of drug-likeness (QED) is 0.822. The van der Waals surface area contributed by atoms with Crippen molar-refractivity contribution in [1.29, 1.82) is 0 Å². The van der Waals surface area contributed by atoms with Gasteiger partial charge in [-0.1, -0.05) is 0 Å². The number of anilines is 1. The second kappa shape index (κ2) is 7.29. The molecule has 0 unspecified atom stereocenters. The van der Waals surface area contributed by atoms with Crippen LogP contribution in [-0.2, 0) is 9.53 Å². The van der Waals surface area contributed by atoms with Gasteiger partial charge in [-0.05, 0) is 34.5 Å². The van der Waals surface area contributed by atoms with E-state index in [1.807, 2.05) is 12.1 Å². The molecule has 1 aromatic carbocycles. The lowest BCUT2D eigenvalue weighted by molar-refractivity contribution is -0.116. The van der Waals surface area contributed by atoms with Gasteiger partial charge >= 0.3 is 0 Å². The number of rotatable bonds is 6. The maximum absolute atomic E-state index is 11.6. The SMILES string of the molecule is COCCCC(=O)Nc1cc(OC)ccc1Br. The minimum atomic E-state index is -0.0315. The van der Waals surface area contributed by atoms with Crippen molar-refractivity contribution >= 4 is 27.5 Å². The molecule has 1 aromatic rings. The third-order valence-corrected chi connectivity index (χ3v) is 2.89. The number of ether oxygens (including phenoxy) is 2. The van der Waals surface area contributed by atoms with Crippen LogP contribution in [0.25, 0.3) is 0 Å². The number of hydrogen-bond donors (Lipinski definition) is 1. The zero-order valence-electron chi connectivity index (χ0n) is 9.96. The Labute approximate surface area is 109 Å². The molecule has 0 aliphatic heterocycles. The highest BCUT2D eigenvalue weighted by Gasteiger charge is 2.06. The molecule has 1 rings (SSSR count). The molecule has 0 saturated carbocycles. The van der Waals surface area contributed by atoms with E-state index in [0.717, 1.165) is 4.47 Å². The number of nitrogens with one attached hydrogen (secondary N) is 1. The summed E-state index contributed by atoms with van der Waals surface area (Å²) in [5, 5.41) is 2.82. The number of halogens is 1. The van der Waals surface area contributed by atoms with Crippen molar-refractivity contribution in [1.82, 2.24) is 0 Å². The Morgan fingerprint density at radius 2 is 2.18 bits per heavy atom. The summed E-state index contributed by atoms with van der Waals surface area (Å²) in [4.78, 5) is 11.6. The van der Waals surface area contributed by atoms with Crippen molar-refractivity contribution in [2.24, 2.45) is 0 Å². The maximum atomic E-state index is 11.6. The largest absolute Gasteiger partial charge is 0.497 e. The molecule has 1 amide bonds. The van der Waals surface area contributed by atoms with Crippen LogP contribution in [-0.4, -0.2) is 26.7 Å². The van der Waals surface area contributed by atoms with E-state index in [1.165, 1.54) is 0 Å². The van der Waals surface area contributed by atoms with E-state index in [4.69, 9.17) is 9.47 Å². The minimum absolute atomic E-state index is 0.0315. The Hall–Kier alpha value is -1.07. The van der Waals surface area contributed by atoms with Gasteiger partial charge in [0.15, 0.2) is 0 Å². The fourth-order valence-electron chi connectivity index (χ4n) is 1.32. The van der Waals surface area contributed by atoms with Gasteiger partial charge in [0.1, 0.15) is 5.75 Å². The van der Waals surface area contributed by atoms with E-state index in [2.05, 4.69) is 21.2 Å². The van der Waals surface area contributed by atoms with Crippen molar-refractivity contribution in [2.45, 2.75) is 12.8 Å². The molecule has 0 saturated heterocycles.